The number of hydrogen-bond donors (Lipinski definition) is 1. The second-order valence-corrected chi connectivity index (χ2v) is 5.90. The predicted octanol–water partition coefficient (Wildman–Crippen LogP) is 4.27. The van der Waals surface area contributed by atoms with Gasteiger partial charge in [0.25, 0.3) is 0 Å². The first-order chi connectivity index (χ1) is 10.7. The van der Waals surface area contributed by atoms with Crippen molar-refractivity contribution in [3.8, 4) is 6.07 Å². The zero-order valence-corrected chi connectivity index (χ0v) is 12.7. The molecule has 4 heteroatoms. The maximum atomic E-state index is 12.2. The minimum Gasteiger partial charge on any atom is -0.326 e. The number of anilines is 1. The molecule has 0 saturated carbocycles. The number of carbonyl (C=O) groups excluding carboxylic acids is 1. The molecular formula is C18H15ClN2O. The number of halogens is 1. The normalized spacial score (nSPS) is 15.9. The summed E-state index contributed by atoms with van der Waals surface area (Å²) in [5.41, 5.74) is 3.60. The molecule has 1 N–H and O–H groups in total. The van der Waals surface area contributed by atoms with Crippen LogP contribution in [0.4, 0.5) is 5.69 Å². The van der Waals surface area contributed by atoms with Crippen molar-refractivity contribution < 1.29 is 4.79 Å². The molecule has 22 heavy (non-hydrogen) atoms. The standard InChI is InChI=1S/C18H15ClN2O/c19-17-8-7-15(9-14(17)11-20)21-18(22)10-13-6-5-12-3-1-2-4-16(12)13/h1-4,7-9,13H,5-6,10H2,(H,21,22). The van der Waals surface area contributed by atoms with Crippen molar-refractivity contribution in [3.63, 3.8) is 0 Å². The Kier molecular flexibility index (Phi) is 4.13. The molecular weight excluding hydrogens is 296 g/mol. The van der Waals surface area contributed by atoms with Crippen LogP contribution in [0, 0.1) is 11.3 Å². The van der Waals surface area contributed by atoms with Crippen LogP contribution in [-0.2, 0) is 11.2 Å². The fourth-order valence-electron chi connectivity index (χ4n) is 2.98. The number of nitriles is 1. The van der Waals surface area contributed by atoms with E-state index in [1.165, 1.54) is 11.1 Å². The quantitative estimate of drug-likeness (QED) is 0.920. The van der Waals surface area contributed by atoms with Gasteiger partial charge in [-0.3, -0.25) is 4.79 Å². The summed E-state index contributed by atoms with van der Waals surface area (Å²) in [6.07, 6.45) is 2.51. The van der Waals surface area contributed by atoms with Crippen LogP contribution in [-0.4, -0.2) is 5.91 Å². The molecule has 0 aliphatic heterocycles. The molecule has 2 aromatic rings. The molecule has 0 aromatic heterocycles. The van der Waals surface area contributed by atoms with Gasteiger partial charge in [0, 0.05) is 12.1 Å². The Bertz CT molecular complexity index is 764. The Labute approximate surface area is 134 Å². The SMILES string of the molecule is N#Cc1cc(NC(=O)CC2CCc3ccccc32)ccc1Cl. The lowest BCUT2D eigenvalue weighted by Crippen LogP contribution is -2.14. The second kappa shape index (κ2) is 6.21. The van der Waals surface area contributed by atoms with Crippen LogP contribution >= 0.6 is 11.6 Å². The van der Waals surface area contributed by atoms with Gasteiger partial charge in [0.2, 0.25) is 5.91 Å². The van der Waals surface area contributed by atoms with E-state index in [1.54, 1.807) is 18.2 Å². The molecule has 110 valence electrons. The monoisotopic (exact) mass is 310 g/mol. The highest BCUT2D eigenvalue weighted by Crippen LogP contribution is 2.35. The molecule has 1 atom stereocenters. The number of amides is 1. The molecule has 1 aliphatic rings. The maximum absolute atomic E-state index is 12.2. The summed E-state index contributed by atoms with van der Waals surface area (Å²) < 4.78 is 0. The largest absolute Gasteiger partial charge is 0.326 e. The van der Waals surface area contributed by atoms with E-state index in [0.717, 1.165) is 12.8 Å². The topological polar surface area (TPSA) is 52.9 Å². The molecule has 3 nitrogen and oxygen atoms in total. The van der Waals surface area contributed by atoms with Crippen LogP contribution in [0.5, 0.6) is 0 Å². The summed E-state index contributed by atoms with van der Waals surface area (Å²) in [7, 11) is 0. The molecule has 0 heterocycles. The highest BCUT2D eigenvalue weighted by molar-refractivity contribution is 6.31. The molecule has 1 amide bonds. The van der Waals surface area contributed by atoms with E-state index in [2.05, 4.69) is 17.4 Å². The molecule has 0 fully saturated rings. The number of benzene rings is 2. The van der Waals surface area contributed by atoms with Gasteiger partial charge in [-0.2, -0.15) is 5.26 Å². The lowest BCUT2D eigenvalue weighted by atomic mass is 9.97. The number of carbonyl (C=O) groups is 1. The number of hydrogen-bond acceptors (Lipinski definition) is 2. The van der Waals surface area contributed by atoms with Gasteiger partial charge in [0.1, 0.15) is 6.07 Å². The number of aryl methyl sites for hydroxylation is 1. The van der Waals surface area contributed by atoms with Crippen molar-refractivity contribution >= 4 is 23.2 Å². The Balaban J connectivity index is 1.68. The van der Waals surface area contributed by atoms with Gasteiger partial charge in [0.05, 0.1) is 10.6 Å². The van der Waals surface area contributed by atoms with Crippen LogP contribution in [0.15, 0.2) is 42.5 Å². The average Bonchev–Trinajstić information content (AvgIpc) is 2.92. The van der Waals surface area contributed by atoms with E-state index >= 15 is 0 Å². The van der Waals surface area contributed by atoms with Crippen LogP contribution in [0.25, 0.3) is 0 Å². The highest BCUT2D eigenvalue weighted by Gasteiger charge is 2.24. The third-order valence-electron chi connectivity index (χ3n) is 4.06. The van der Waals surface area contributed by atoms with E-state index in [1.807, 2.05) is 18.2 Å². The smallest absolute Gasteiger partial charge is 0.224 e. The summed E-state index contributed by atoms with van der Waals surface area (Å²) in [4.78, 5) is 12.2. The van der Waals surface area contributed by atoms with Crippen molar-refractivity contribution in [1.82, 2.24) is 0 Å². The van der Waals surface area contributed by atoms with Gasteiger partial charge < -0.3 is 5.32 Å². The molecule has 0 radical (unpaired) electrons. The van der Waals surface area contributed by atoms with Crippen molar-refractivity contribution in [3.05, 3.63) is 64.2 Å². The molecule has 3 rings (SSSR count). The summed E-state index contributed by atoms with van der Waals surface area (Å²) >= 11 is 5.89. The van der Waals surface area contributed by atoms with Gasteiger partial charge in [-0.25, -0.2) is 0 Å². The first-order valence-electron chi connectivity index (χ1n) is 7.24. The first-order valence-corrected chi connectivity index (χ1v) is 7.62. The molecule has 0 saturated heterocycles. The summed E-state index contributed by atoms with van der Waals surface area (Å²) in [5, 5.41) is 12.2. The lowest BCUT2D eigenvalue weighted by molar-refractivity contribution is -0.116. The van der Waals surface area contributed by atoms with Crippen LogP contribution in [0.1, 0.15) is 35.4 Å². The van der Waals surface area contributed by atoms with E-state index in [0.29, 0.717) is 22.7 Å². The van der Waals surface area contributed by atoms with Crippen molar-refractivity contribution in [2.75, 3.05) is 5.32 Å². The zero-order chi connectivity index (χ0) is 15.5. The Morgan fingerprint density at radius 3 is 2.95 bits per heavy atom. The summed E-state index contributed by atoms with van der Waals surface area (Å²) in [6, 6.07) is 15.2. The fourth-order valence-corrected chi connectivity index (χ4v) is 3.14. The Hall–Kier alpha value is -2.31. The maximum Gasteiger partial charge on any atom is 0.224 e. The van der Waals surface area contributed by atoms with E-state index in [4.69, 9.17) is 16.9 Å². The van der Waals surface area contributed by atoms with E-state index < -0.39 is 0 Å². The summed E-state index contributed by atoms with van der Waals surface area (Å²) in [6.45, 7) is 0. The van der Waals surface area contributed by atoms with Crippen molar-refractivity contribution in [1.29, 1.82) is 5.26 Å². The number of nitrogens with zero attached hydrogens (tertiary/aromatic N) is 1. The van der Waals surface area contributed by atoms with Crippen molar-refractivity contribution in [2.45, 2.75) is 25.2 Å². The minimum atomic E-state index is -0.0343. The zero-order valence-electron chi connectivity index (χ0n) is 12.0. The Morgan fingerprint density at radius 1 is 1.32 bits per heavy atom. The molecule has 2 aromatic carbocycles. The van der Waals surface area contributed by atoms with Gasteiger partial charge in [-0.1, -0.05) is 35.9 Å². The summed E-state index contributed by atoms with van der Waals surface area (Å²) in [5.74, 6) is 0.242. The minimum absolute atomic E-state index is 0.0343. The number of fused-ring (bicyclic) bond motifs is 1. The second-order valence-electron chi connectivity index (χ2n) is 5.49. The van der Waals surface area contributed by atoms with E-state index in [9.17, 15) is 4.79 Å². The number of nitrogens with one attached hydrogen (secondary N) is 1. The first kappa shape index (κ1) is 14.6. The third-order valence-corrected chi connectivity index (χ3v) is 4.39. The van der Waals surface area contributed by atoms with Crippen molar-refractivity contribution in [2.24, 2.45) is 0 Å². The van der Waals surface area contributed by atoms with Gasteiger partial charge in [-0.05, 0) is 48.1 Å². The third kappa shape index (κ3) is 2.98. The van der Waals surface area contributed by atoms with Gasteiger partial charge >= 0.3 is 0 Å². The van der Waals surface area contributed by atoms with Crippen LogP contribution < -0.4 is 5.32 Å². The van der Waals surface area contributed by atoms with Crippen LogP contribution in [0.2, 0.25) is 5.02 Å². The molecule has 1 aliphatic carbocycles. The van der Waals surface area contributed by atoms with Crippen LogP contribution in [0.3, 0.4) is 0 Å². The lowest BCUT2D eigenvalue weighted by Gasteiger charge is -2.12. The average molecular weight is 311 g/mol. The number of rotatable bonds is 3. The highest BCUT2D eigenvalue weighted by atomic mass is 35.5. The van der Waals surface area contributed by atoms with Gasteiger partial charge in [-0.15, -0.1) is 0 Å². The predicted molar refractivity (Wildman–Crippen MR) is 86.9 cm³/mol. The van der Waals surface area contributed by atoms with Gasteiger partial charge in [0.15, 0.2) is 0 Å². The molecule has 0 spiro atoms. The molecule has 0 bridgehead atoms. The van der Waals surface area contributed by atoms with E-state index in [-0.39, 0.29) is 11.8 Å². The fraction of sp³-hybridized carbons (Fsp3) is 0.222. The Morgan fingerprint density at radius 2 is 2.14 bits per heavy atom. The molecule has 1 unspecified atom stereocenters.